The monoisotopic (exact) mass is 257 g/mol. The van der Waals surface area contributed by atoms with Gasteiger partial charge in [-0.05, 0) is 31.0 Å². The van der Waals surface area contributed by atoms with Gasteiger partial charge in [-0.15, -0.1) is 0 Å². The van der Waals surface area contributed by atoms with Crippen molar-refractivity contribution < 1.29 is 0 Å². The number of nitrogens with zero attached hydrogens (tertiary/aromatic N) is 2. The van der Waals surface area contributed by atoms with Crippen molar-refractivity contribution in [2.45, 2.75) is 39.3 Å². The number of benzene rings is 1. The minimum absolute atomic E-state index is 0.165. The molecule has 1 atom stereocenters. The maximum Gasteiger partial charge on any atom is 0.130 e. The van der Waals surface area contributed by atoms with Crippen LogP contribution in [0.25, 0.3) is 0 Å². The standard InChI is InChI=1S/C16H23N3/c1-4-11-19-12-10-18-16(19)15(17-3)14-9-7-6-8-13(14)5-2/h6-10,12,15,17H,4-5,11H2,1-3H3. The second kappa shape index (κ2) is 6.53. The molecule has 19 heavy (non-hydrogen) atoms. The highest BCUT2D eigenvalue weighted by Gasteiger charge is 2.19. The topological polar surface area (TPSA) is 29.9 Å². The fourth-order valence-electron chi connectivity index (χ4n) is 2.57. The van der Waals surface area contributed by atoms with Gasteiger partial charge in [0.05, 0.1) is 6.04 Å². The Balaban J connectivity index is 2.41. The fourth-order valence-corrected chi connectivity index (χ4v) is 2.57. The quantitative estimate of drug-likeness (QED) is 0.861. The van der Waals surface area contributed by atoms with Gasteiger partial charge in [0, 0.05) is 18.9 Å². The van der Waals surface area contributed by atoms with Crippen molar-refractivity contribution in [1.82, 2.24) is 14.9 Å². The highest BCUT2D eigenvalue weighted by atomic mass is 15.1. The van der Waals surface area contributed by atoms with Crippen molar-refractivity contribution in [1.29, 1.82) is 0 Å². The van der Waals surface area contributed by atoms with Gasteiger partial charge in [0.15, 0.2) is 0 Å². The molecule has 0 saturated carbocycles. The normalized spacial score (nSPS) is 12.6. The van der Waals surface area contributed by atoms with E-state index in [9.17, 15) is 0 Å². The van der Waals surface area contributed by atoms with Crippen LogP contribution in [-0.4, -0.2) is 16.6 Å². The van der Waals surface area contributed by atoms with E-state index in [1.807, 2.05) is 13.2 Å². The van der Waals surface area contributed by atoms with Crippen molar-refractivity contribution in [2.75, 3.05) is 7.05 Å². The first kappa shape index (κ1) is 13.8. The first-order chi connectivity index (χ1) is 9.31. The average Bonchev–Trinajstić information content (AvgIpc) is 2.89. The van der Waals surface area contributed by atoms with Gasteiger partial charge in [0.25, 0.3) is 0 Å². The Bertz CT molecular complexity index is 516. The lowest BCUT2D eigenvalue weighted by atomic mass is 9.98. The molecular weight excluding hydrogens is 234 g/mol. The number of rotatable bonds is 6. The van der Waals surface area contributed by atoms with Crippen LogP contribution in [0, 0.1) is 0 Å². The molecular formula is C16H23N3. The molecule has 0 saturated heterocycles. The SMILES string of the molecule is CCCn1ccnc1C(NC)c1ccccc1CC. The predicted molar refractivity (Wildman–Crippen MR) is 79.2 cm³/mol. The van der Waals surface area contributed by atoms with Gasteiger partial charge >= 0.3 is 0 Å². The Kier molecular flexibility index (Phi) is 4.74. The van der Waals surface area contributed by atoms with E-state index in [0.29, 0.717) is 0 Å². The van der Waals surface area contributed by atoms with Crippen LogP contribution in [0.15, 0.2) is 36.7 Å². The molecule has 0 fully saturated rings. The maximum absolute atomic E-state index is 4.56. The summed E-state index contributed by atoms with van der Waals surface area (Å²) in [4.78, 5) is 4.56. The average molecular weight is 257 g/mol. The third kappa shape index (κ3) is 2.87. The number of aromatic nitrogens is 2. The summed E-state index contributed by atoms with van der Waals surface area (Å²) >= 11 is 0. The van der Waals surface area contributed by atoms with Gasteiger partial charge in [-0.25, -0.2) is 4.98 Å². The molecule has 1 heterocycles. The maximum atomic E-state index is 4.56. The van der Waals surface area contributed by atoms with Gasteiger partial charge in [0.2, 0.25) is 0 Å². The minimum atomic E-state index is 0.165. The van der Waals surface area contributed by atoms with E-state index in [2.05, 4.69) is 59.2 Å². The van der Waals surface area contributed by atoms with E-state index in [1.165, 1.54) is 11.1 Å². The van der Waals surface area contributed by atoms with Crippen LogP contribution in [0.3, 0.4) is 0 Å². The van der Waals surface area contributed by atoms with Crippen LogP contribution in [-0.2, 0) is 13.0 Å². The van der Waals surface area contributed by atoms with Gasteiger partial charge < -0.3 is 9.88 Å². The summed E-state index contributed by atoms with van der Waals surface area (Å²) in [6, 6.07) is 8.77. The predicted octanol–water partition coefficient (Wildman–Crippen LogP) is 3.16. The minimum Gasteiger partial charge on any atom is -0.333 e. The highest BCUT2D eigenvalue weighted by Crippen LogP contribution is 2.24. The summed E-state index contributed by atoms with van der Waals surface area (Å²) < 4.78 is 2.24. The van der Waals surface area contributed by atoms with Crippen molar-refractivity contribution in [3.8, 4) is 0 Å². The number of imidazole rings is 1. The van der Waals surface area contributed by atoms with E-state index in [1.54, 1.807) is 0 Å². The Hall–Kier alpha value is -1.61. The molecule has 0 aliphatic heterocycles. The largest absolute Gasteiger partial charge is 0.333 e. The van der Waals surface area contributed by atoms with Crippen LogP contribution < -0.4 is 5.32 Å². The lowest BCUT2D eigenvalue weighted by Gasteiger charge is -2.20. The van der Waals surface area contributed by atoms with E-state index in [-0.39, 0.29) is 6.04 Å². The molecule has 3 heteroatoms. The Morgan fingerprint density at radius 1 is 1.26 bits per heavy atom. The molecule has 2 rings (SSSR count). The second-order valence-electron chi connectivity index (χ2n) is 4.75. The van der Waals surface area contributed by atoms with E-state index >= 15 is 0 Å². The lowest BCUT2D eigenvalue weighted by Crippen LogP contribution is -2.23. The van der Waals surface area contributed by atoms with Gasteiger partial charge in [-0.2, -0.15) is 0 Å². The fraction of sp³-hybridized carbons (Fsp3) is 0.438. The van der Waals surface area contributed by atoms with E-state index < -0.39 is 0 Å². The van der Waals surface area contributed by atoms with Crippen LogP contribution in [0.5, 0.6) is 0 Å². The van der Waals surface area contributed by atoms with Gasteiger partial charge in [-0.1, -0.05) is 38.1 Å². The first-order valence-corrected chi connectivity index (χ1v) is 7.07. The number of hydrogen-bond donors (Lipinski definition) is 1. The first-order valence-electron chi connectivity index (χ1n) is 7.07. The zero-order valence-electron chi connectivity index (χ0n) is 12.1. The van der Waals surface area contributed by atoms with Crippen molar-refractivity contribution in [2.24, 2.45) is 0 Å². The van der Waals surface area contributed by atoms with Crippen LogP contribution in [0.1, 0.15) is 43.3 Å². The molecule has 0 spiro atoms. The summed E-state index contributed by atoms with van der Waals surface area (Å²) in [6.45, 7) is 5.41. The highest BCUT2D eigenvalue weighted by molar-refractivity contribution is 5.33. The lowest BCUT2D eigenvalue weighted by molar-refractivity contribution is 0.565. The molecule has 0 amide bonds. The van der Waals surface area contributed by atoms with Crippen LogP contribution in [0.4, 0.5) is 0 Å². The molecule has 0 aliphatic carbocycles. The number of hydrogen-bond acceptors (Lipinski definition) is 2. The smallest absolute Gasteiger partial charge is 0.130 e. The zero-order chi connectivity index (χ0) is 13.7. The molecule has 0 aliphatic rings. The number of aryl methyl sites for hydroxylation is 2. The van der Waals surface area contributed by atoms with Crippen LogP contribution in [0.2, 0.25) is 0 Å². The van der Waals surface area contributed by atoms with Crippen molar-refractivity contribution in [3.63, 3.8) is 0 Å². The van der Waals surface area contributed by atoms with Gasteiger partial charge in [-0.3, -0.25) is 0 Å². The summed E-state index contributed by atoms with van der Waals surface area (Å²) in [5.74, 6) is 1.10. The third-order valence-electron chi connectivity index (χ3n) is 3.51. The Morgan fingerprint density at radius 2 is 2.05 bits per heavy atom. The molecule has 1 N–H and O–H groups in total. The van der Waals surface area contributed by atoms with Crippen LogP contribution >= 0.6 is 0 Å². The Labute approximate surface area is 115 Å². The Morgan fingerprint density at radius 3 is 2.74 bits per heavy atom. The van der Waals surface area contributed by atoms with Crippen molar-refractivity contribution in [3.05, 3.63) is 53.6 Å². The molecule has 102 valence electrons. The third-order valence-corrected chi connectivity index (χ3v) is 3.51. The summed E-state index contributed by atoms with van der Waals surface area (Å²) in [7, 11) is 2.00. The van der Waals surface area contributed by atoms with Gasteiger partial charge in [0.1, 0.15) is 5.82 Å². The van der Waals surface area contributed by atoms with E-state index in [4.69, 9.17) is 0 Å². The molecule has 1 aromatic carbocycles. The van der Waals surface area contributed by atoms with Crippen molar-refractivity contribution >= 4 is 0 Å². The summed E-state index contributed by atoms with van der Waals surface area (Å²) in [6.07, 6.45) is 6.12. The molecule has 0 radical (unpaired) electrons. The van der Waals surface area contributed by atoms with E-state index in [0.717, 1.165) is 25.2 Å². The summed E-state index contributed by atoms with van der Waals surface area (Å²) in [5, 5.41) is 3.41. The molecule has 3 nitrogen and oxygen atoms in total. The molecule has 1 unspecified atom stereocenters. The number of nitrogens with one attached hydrogen (secondary N) is 1. The summed E-state index contributed by atoms with van der Waals surface area (Å²) in [5.41, 5.74) is 2.71. The zero-order valence-corrected chi connectivity index (χ0v) is 12.1. The second-order valence-corrected chi connectivity index (χ2v) is 4.75. The molecule has 1 aromatic heterocycles. The molecule has 0 bridgehead atoms. The molecule has 2 aromatic rings.